The van der Waals surface area contributed by atoms with Gasteiger partial charge in [0.1, 0.15) is 10.6 Å². The summed E-state index contributed by atoms with van der Waals surface area (Å²) in [6.07, 6.45) is 2.05. The summed E-state index contributed by atoms with van der Waals surface area (Å²) >= 11 is 5.12. The summed E-state index contributed by atoms with van der Waals surface area (Å²) in [5.41, 5.74) is 3.05. The summed E-state index contributed by atoms with van der Waals surface area (Å²) in [5, 5.41) is 1.35. The van der Waals surface area contributed by atoms with Crippen molar-refractivity contribution in [3.63, 3.8) is 0 Å². The van der Waals surface area contributed by atoms with Crippen LogP contribution in [0, 0.1) is 11.7 Å². The molecular formula is C24H30ClFN2OS. The minimum Gasteiger partial charge on any atom is -0.598 e. The summed E-state index contributed by atoms with van der Waals surface area (Å²) in [7, 11) is 0. The molecule has 0 saturated heterocycles. The molecule has 0 radical (unpaired) electrons. The van der Waals surface area contributed by atoms with E-state index in [1.165, 1.54) is 0 Å². The van der Waals surface area contributed by atoms with E-state index in [2.05, 4.69) is 29.3 Å². The second kappa shape index (κ2) is 8.91. The Morgan fingerprint density at radius 3 is 2.40 bits per heavy atom. The second-order valence-corrected chi connectivity index (χ2v) is 11.6. The Morgan fingerprint density at radius 1 is 1.13 bits per heavy atom. The lowest BCUT2D eigenvalue weighted by Crippen LogP contribution is -2.40. The maximum absolute atomic E-state index is 15.2. The van der Waals surface area contributed by atoms with Gasteiger partial charge in [-0.05, 0) is 57.4 Å². The highest BCUT2D eigenvalue weighted by atomic mass is 35.5. The molecule has 3 aromatic rings. The summed E-state index contributed by atoms with van der Waals surface area (Å²) in [6, 6.07) is 10.6. The van der Waals surface area contributed by atoms with Gasteiger partial charge in [0.05, 0.1) is 6.04 Å². The van der Waals surface area contributed by atoms with Crippen LogP contribution in [-0.2, 0) is 17.9 Å². The van der Waals surface area contributed by atoms with E-state index in [0.717, 1.165) is 23.0 Å². The molecule has 1 aromatic heterocycles. The topological polar surface area (TPSA) is 40.0 Å². The van der Waals surface area contributed by atoms with Crippen molar-refractivity contribution in [1.82, 2.24) is 9.29 Å². The highest BCUT2D eigenvalue weighted by Crippen LogP contribution is 2.36. The maximum Gasteiger partial charge on any atom is 0.136 e. The number of aromatic nitrogens is 1. The molecule has 0 aliphatic carbocycles. The third-order valence-electron chi connectivity index (χ3n) is 5.03. The Labute approximate surface area is 186 Å². The molecule has 0 saturated carbocycles. The third-order valence-corrected chi connectivity index (χ3v) is 7.04. The molecule has 1 unspecified atom stereocenters. The Morgan fingerprint density at radius 2 is 1.80 bits per heavy atom. The van der Waals surface area contributed by atoms with Crippen LogP contribution in [0.1, 0.15) is 53.1 Å². The minimum absolute atomic E-state index is 0.188. The number of halogens is 2. The molecule has 0 fully saturated rings. The van der Waals surface area contributed by atoms with Crippen LogP contribution in [-0.4, -0.2) is 13.9 Å². The van der Waals surface area contributed by atoms with Crippen molar-refractivity contribution >= 4 is 33.9 Å². The lowest BCUT2D eigenvalue weighted by molar-refractivity contribution is 0.525. The van der Waals surface area contributed by atoms with Crippen LogP contribution in [0.25, 0.3) is 22.0 Å². The fraction of sp³-hybridized carbons (Fsp3) is 0.417. The average molecular weight is 449 g/mol. The van der Waals surface area contributed by atoms with E-state index in [1.807, 2.05) is 52.0 Å². The highest BCUT2D eigenvalue weighted by molar-refractivity contribution is 7.90. The van der Waals surface area contributed by atoms with Gasteiger partial charge in [0.25, 0.3) is 0 Å². The van der Waals surface area contributed by atoms with Crippen LogP contribution in [0.2, 0.25) is 5.02 Å². The summed E-state index contributed by atoms with van der Waals surface area (Å²) in [4.78, 5) is 0. The first kappa shape index (κ1) is 23.1. The molecule has 30 heavy (non-hydrogen) atoms. The predicted octanol–water partition coefficient (Wildman–Crippen LogP) is 6.87. The first-order chi connectivity index (χ1) is 14.0. The zero-order valence-electron chi connectivity index (χ0n) is 18.4. The van der Waals surface area contributed by atoms with Crippen LogP contribution in [0.5, 0.6) is 0 Å². The number of nitrogens with zero attached hydrogens (tertiary/aromatic N) is 1. The van der Waals surface area contributed by atoms with E-state index in [9.17, 15) is 4.55 Å². The zero-order valence-corrected chi connectivity index (χ0v) is 20.0. The monoisotopic (exact) mass is 448 g/mol. The van der Waals surface area contributed by atoms with Gasteiger partial charge in [0, 0.05) is 51.2 Å². The largest absolute Gasteiger partial charge is 0.598 e. The molecule has 0 amide bonds. The smallest absolute Gasteiger partial charge is 0.136 e. The SMILES string of the molecule is CC(C)Cn1cc([C@@H](C)N[S+]([O-])C(C)(C)C)c2cc(F)c(-c3ccccc3Cl)cc21. The van der Waals surface area contributed by atoms with Gasteiger partial charge in [-0.3, -0.25) is 0 Å². The summed E-state index contributed by atoms with van der Waals surface area (Å²) in [5.74, 6) is 0.109. The summed E-state index contributed by atoms with van der Waals surface area (Å²) in [6.45, 7) is 12.9. The number of fused-ring (bicyclic) bond motifs is 1. The van der Waals surface area contributed by atoms with Crippen molar-refractivity contribution in [2.24, 2.45) is 5.92 Å². The molecule has 0 aliphatic rings. The number of nitrogens with one attached hydrogen (secondary N) is 1. The minimum atomic E-state index is -1.23. The first-order valence-corrected chi connectivity index (χ1v) is 11.8. The Kier molecular flexibility index (Phi) is 6.87. The van der Waals surface area contributed by atoms with Crippen LogP contribution in [0.3, 0.4) is 0 Å². The molecule has 162 valence electrons. The number of rotatable bonds is 6. The molecule has 0 aliphatic heterocycles. The van der Waals surface area contributed by atoms with Crippen molar-refractivity contribution in [3.05, 3.63) is 59.0 Å². The van der Waals surface area contributed by atoms with E-state index in [0.29, 0.717) is 22.1 Å². The Balaban J connectivity index is 2.14. The van der Waals surface area contributed by atoms with Gasteiger partial charge in [-0.15, -0.1) is 4.72 Å². The fourth-order valence-electron chi connectivity index (χ4n) is 3.51. The quantitative estimate of drug-likeness (QED) is 0.418. The Bertz CT molecular complexity index is 1040. The fourth-order valence-corrected chi connectivity index (χ4v) is 4.55. The lowest BCUT2D eigenvalue weighted by Gasteiger charge is -2.26. The number of hydrogen-bond acceptors (Lipinski definition) is 2. The van der Waals surface area contributed by atoms with Crippen molar-refractivity contribution in [2.45, 2.75) is 58.9 Å². The van der Waals surface area contributed by atoms with Gasteiger partial charge in [0.15, 0.2) is 0 Å². The van der Waals surface area contributed by atoms with Gasteiger partial charge in [-0.2, -0.15) is 0 Å². The van der Waals surface area contributed by atoms with Crippen molar-refractivity contribution in [3.8, 4) is 11.1 Å². The van der Waals surface area contributed by atoms with E-state index < -0.39 is 11.4 Å². The van der Waals surface area contributed by atoms with E-state index >= 15 is 4.39 Å². The lowest BCUT2D eigenvalue weighted by atomic mass is 10.0. The maximum atomic E-state index is 15.2. The second-order valence-electron chi connectivity index (χ2n) is 9.18. The van der Waals surface area contributed by atoms with Crippen LogP contribution < -0.4 is 4.72 Å². The first-order valence-electron chi connectivity index (χ1n) is 10.2. The standard InChI is InChI=1S/C24H30ClFN2OS/c1-15(2)13-28-14-20(16(3)27-30(29)24(4,5)6)19-11-22(26)18(12-23(19)28)17-9-7-8-10-21(17)25/h7-12,14-16,27H,13H2,1-6H3/t16-,30?/m1/s1. The molecule has 3 rings (SSSR count). The molecule has 0 spiro atoms. The Hall–Kier alpha value is -1.53. The van der Waals surface area contributed by atoms with E-state index in [-0.39, 0.29) is 16.6 Å². The summed E-state index contributed by atoms with van der Waals surface area (Å²) < 4.78 is 32.8. The highest BCUT2D eigenvalue weighted by Gasteiger charge is 2.29. The van der Waals surface area contributed by atoms with E-state index in [4.69, 9.17) is 11.6 Å². The van der Waals surface area contributed by atoms with Crippen LogP contribution >= 0.6 is 11.6 Å². The van der Waals surface area contributed by atoms with Gasteiger partial charge in [0.2, 0.25) is 0 Å². The number of hydrogen-bond donors (Lipinski definition) is 1. The molecule has 6 heteroatoms. The molecule has 1 heterocycles. The molecule has 2 aromatic carbocycles. The van der Waals surface area contributed by atoms with Crippen molar-refractivity contribution in [2.75, 3.05) is 0 Å². The van der Waals surface area contributed by atoms with Gasteiger partial charge in [-0.1, -0.05) is 43.6 Å². The van der Waals surface area contributed by atoms with Gasteiger partial charge >= 0.3 is 0 Å². The van der Waals surface area contributed by atoms with Gasteiger partial charge in [-0.25, -0.2) is 4.39 Å². The van der Waals surface area contributed by atoms with Crippen molar-refractivity contribution in [1.29, 1.82) is 0 Å². The molecule has 3 nitrogen and oxygen atoms in total. The molecular weight excluding hydrogens is 419 g/mol. The average Bonchev–Trinajstić information content (AvgIpc) is 2.97. The number of benzene rings is 2. The molecule has 0 bridgehead atoms. The van der Waals surface area contributed by atoms with Gasteiger partial charge < -0.3 is 9.12 Å². The normalized spacial score (nSPS) is 14.5. The molecule has 1 N–H and O–H groups in total. The van der Waals surface area contributed by atoms with Crippen LogP contribution in [0.15, 0.2) is 42.6 Å². The van der Waals surface area contributed by atoms with Crippen molar-refractivity contribution < 1.29 is 8.94 Å². The predicted molar refractivity (Wildman–Crippen MR) is 127 cm³/mol. The van der Waals surface area contributed by atoms with E-state index in [1.54, 1.807) is 12.1 Å². The third kappa shape index (κ3) is 4.86. The molecule has 2 atom stereocenters. The van der Waals surface area contributed by atoms with Crippen LogP contribution in [0.4, 0.5) is 4.39 Å². The zero-order chi connectivity index (χ0) is 22.2.